The SMILES string of the molecule is O=C(NNC(=O)c1ccco1)c1ccc(F)c(S(=O)(=O)N2CCCC2)c1. The third-order valence-corrected chi connectivity index (χ3v) is 5.82. The van der Waals surface area contributed by atoms with Gasteiger partial charge in [0.1, 0.15) is 10.7 Å². The van der Waals surface area contributed by atoms with Crippen molar-refractivity contribution < 1.29 is 26.8 Å². The third-order valence-electron chi connectivity index (χ3n) is 3.91. The number of carbonyl (C=O) groups is 2. The number of amides is 2. The minimum Gasteiger partial charge on any atom is -0.459 e. The van der Waals surface area contributed by atoms with Crippen LogP contribution in [0.3, 0.4) is 0 Å². The van der Waals surface area contributed by atoms with Crippen molar-refractivity contribution in [3.63, 3.8) is 0 Å². The van der Waals surface area contributed by atoms with Crippen LogP contribution < -0.4 is 10.9 Å². The van der Waals surface area contributed by atoms with Crippen molar-refractivity contribution in [1.82, 2.24) is 15.2 Å². The van der Waals surface area contributed by atoms with Gasteiger partial charge in [-0.05, 0) is 43.2 Å². The van der Waals surface area contributed by atoms with E-state index in [0.29, 0.717) is 25.9 Å². The van der Waals surface area contributed by atoms with Crippen molar-refractivity contribution in [3.05, 3.63) is 53.7 Å². The average molecular weight is 381 g/mol. The minimum atomic E-state index is -4.02. The highest BCUT2D eigenvalue weighted by molar-refractivity contribution is 7.89. The number of hydrogen-bond acceptors (Lipinski definition) is 5. The lowest BCUT2D eigenvalue weighted by Gasteiger charge is -2.16. The first-order valence-corrected chi connectivity index (χ1v) is 9.27. The molecule has 3 rings (SSSR count). The van der Waals surface area contributed by atoms with Gasteiger partial charge in [-0.3, -0.25) is 20.4 Å². The van der Waals surface area contributed by atoms with Crippen LogP contribution in [0, 0.1) is 5.82 Å². The first kappa shape index (κ1) is 18.1. The van der Waals surface area contributed by atoms with E-state index in [1.807, 2.05) is 0 Å². The van der Waals surface area contributed by atoms with E-state index in [-0.39, 0.29) is 11.3 Å². The molecule has 1 aliphatic rings. The molecule has 1 aliphatic heterocycles. The number of sulfonamides is 1. The Balaban J connectivity index is 1.76. The van der Waals surface area contributed by atoms with Gasteiger partial charge in [0, 0.05) is 18.7 Å². The van der Waals surface area contributed by atoms with Crippen molar-refractivity contribution in [3.8, 4) is 0 Å². The van der Waals surface area contributed by atoms with Crippen LogP contribution >= 0.6 is 0 Å². The zero-order valence-electron chi connectivity index (χ0n) is 13.6. The van der Waals surface area contributed by atoms with Gasteiger partial charge in [0.05, 0.1) is 6.26 Å². The van der Waals surface area contributed by atoms with Crippen LogP contribution in [0.1, 0.15) is 33.8 Å². The Kier molecular flexibility index (Phi) is 5.05. The molecule has 0 bridgehead atoms. The lowest BCUT2D eigenvalue weighted by atomic mass is 10.2. The summed E-state index contributed by atoms with van der Waals surface area (Å²) in [5, 5.41) is 0. The zero-order valence-corrected chi connectivity index (χ0v) is 14.4. The molecular weight excluding hydrogens is 365 g/mol. The summed E-state index contributed by atoms with van der Waals surface area (Å²) < 4.78 is 45.2. The molecule has 138 valence electrons. The van der Waals surface area contributed by atoms with Gasteiger partial charge in [0.15, 0.2) is 5.76 Å². The molecule has 0 saturated carbocycles. The molecule has 0 aliphatic carbocycles. The molecule has 2 aromatic rings. The fourth-order valence-corrected chi connectivity index (χ4v) is 4.17. The third kappa shape index (κ3) is 3.60. The van der Waals surface area contributed by atoms with E-state index < -0.39 is 32.6 Å². The Morgan fingerprint density at radius 2 is 1.77 bits per heavy atom. The van der Waals surface area contributed by atoms with Gasteiger partial charge in [0.25, 0.3) is 5.91 Å². The van der Waals surface area contributed by atoms with Crippen molar-refractivity contribution in [2.45, 2.75) is 17.7 Å². The van der Waals surface area contributed by atoms with Gasteiger partial charge in [-0.15, -0.1) is 0 Å². The smallest absolute Gasteiger partial charge is 0.305 e. The molecule has 0 unspecified atom stereocenters. The summed E-state index contributed by atoms with van der Waals surface area (Å²) in [7, 11) is -4.02. The van der Waals surface area contributed by atoms with Crippen LogP contribution in [0.5, 0.6) is 0 Å². The van der Waals surface area contributed by atoms with Gasteiger partial charge in [-0.2, -0.15) is 4.31 Å². The number of hydrogen-bond donors (Lipinski definition) is 2. The molecule has 0 spiro atoms. The number of benzene rings is 1. The van der Waals surface area contributed by atoms with Crippen LogP contribution in [-0.2, 0) is 10.0 Å². The van der Waals surface area contributed by atoms with E-state index in [4.69, 9.17) is 4.42 Å². The summed E-state index contributed by atoms with van der Waals surface area (Å²) in [5.41, 5.74) is 4.14. The highest BCUT2D eigenvalue weighted by Crippen LogP contribution is 2.24. The van der Waals surface area contributed by atoms with E-state index in [0.717, 1.165) is 18.2 Å². The Hall–Kier alpha value is -2.72. The predicted octanol–water partition coefficient (Wildman–Crippen LogP) is 1.28. The molecule has 1 fully saturated rings. The second-order valence-electron chi connectivity index (χ2n) is 5.64. The number of nitrogens with one attached hydrogen (secondary N) is 2. The highest BCUT2D eigenvalue weighted by atomic mass is 32.2. The topological polar surface area (TPSA) is 109 Å². The van der Waals surface area contributed by atoms with E-state index in [1.54, 1.807) is 0 Å². The lowest BCUT2D eigenvalue weighted by Crippen LogP contribution is -2.41. The largest absolute Gasteiger partial charge is 0.459 e. The zero-order chi connectivity index (χ0) is 18.7. The van der Waals surface area contributed by atoms with E-state index in [1.165, 1.54) is 22.7 Å². The maximum absolute atomic E-state index is 14.1. The van der Waals surface area contributed by atoms with Gasteiger partial charge in [-0.25, -0.2) is 12.8 Å². The van der Waals surface area contributed by atoms with Gasteiger partial charge in [-0.1, -0.05) is 0 Å². The molecule has 0 atom stereocenters. The number of halogens is 1. The molecule has 26 heavy (non-hydrogen) atoms. The van der Waals surface area contributed by atoms with Crippen molar-refractivity contribution in [1.29, 1.82) is 0 Å². The summed E-state index contributed by atoms with van der Waals surface area (Å²) >= 11 is 0. The summed E-state index contributed by atoms with van der Waals surface area (Å²) in [4.78, 5) is 23.3. The predicted molar refractivity (Wildman–Crippen MR) is 88.0 cm³/mol. The van der Waals surface area contributed by atoms with Gasteiger partial charge < -0.3 is 4.42 Å². The molecule has 2 amide bonds. The average Bonchev–Trinajstić information content (AvgIpc) is 3.33. The number of nitrogens with zero attached hydrogens (tertiary/aromatic N) is 1. The molecule has 2 N–H and O–H groups in total. The molecule has 2 heterocycles. The van der Waals surface area contributed by atoms with Crippen LogP contribution in [0.25, 0.3) is 0 Å². The fraction of sp³-hybridized carbons (Fsp3) is 0.250. The summed E-state index contributed by atoms with van der Waals surface area (Å²) in [6.07, 6.45) is 2.71. The molecular formula is C16H16FN3O5S. The Labute approximate surface area is 149 Å². The second kappa shape index (κ2) is 7.26. The Morgan fingerprint density at radius 3 is 2.42 bits per heavy atom. The van der Waals surface area contributed by atoms with E-state index >= 15 is 0 Å². The van der Waals surface area contributed by atoms with Crippen LogP contribution in [0.2, 0.25) is 0 Å². The number of carbonyl (C=O) groups excluding carboxylic acids is 2. The molecule has 10 heteroatoms. The Bertz CT molecular complexity index is 921. The maximum atomic E-state index is 14.1. The van der Waals surface area contributed by atoms with Crippen molar-refractivity contribution >= 4 is 21.8 Å². The summed E-state index contributed by atoms with van der Waals surface area (Å²) in [6, 6.07) is 5.91. The normalized spacial score (nSPS) is 15.0. The number of rotatable bonds is 4. The highest BCUT2D eigenvalue weighted by Gasteiger charge is 2.30. The Morgan fingerprint density at radius 1 is 1.08 bits per heavy atom. The lowest BCUT2D eigenvalue weighted by molar-refractivity contribution is 0.0830. The maximum Gasteiger partial charge on any atom is 0.305 e. The quantitative estimate of drug-likeness (QED) is 0.776. The van der Waals surface area contributed by atoms with Crippen LogP contribution in [0.15, 0.2) is 45.9 Å². The van der Waals surface area contributed by atoms with Crippen LogP contribution in [-0.4, -0.2) is 37.6 Å². The number of hydrazine groups is 1. The summed E-state index contributed by atoms with van der Waals surface area (Å²) in [5.74, 6) is -2.42. The minimum absolute atomic E-state index is 0.0123. The monoisotopic (exact) mass is 381 g/mol. The van der Waals surface area contributed by atoms with E-state index in [2.05, 4.69) is 10.9 Å². The van der Waals surface area contributed by atoms with Gasteiger partial charge >= 0.3 is 5.91 Å². The fourth-order valence-electron chi connectivity index (χ4n) is 2.56. The first-order valence-electron chi connectivity index (χ1n) is 7.83. The van der Waals surface area contributed by atoms with Gasteiger partial charge in [0.2, 0.25) is 10.0 Å². The number of furan rings is 1. The molecule has 8 nitrogen and oxygen atoms in total. The van der Waals surface area contributed by atoms with Crippen molar-refractivity contribution in [2.24, 2.45) is 0 Å². The molecule has 1 saturated heterocycles. The van der Waals surface area contributed by atoms with E-state index in [9.17, 15) is 22.4 Å². The molecule has 1 aromatic heterocycles. The van der Waals surface area contributed by atoms with Crippen LogP contribution in [0.4, 0.5) is 4.39 Å². The first-order chi connectivity index (χ1) is 12.4. The standard InChI is InChI=1S/C16H16FN3O5S/c17-12-6-5-11(10-14(12)26(23,24)20-7-1-2-8-20)15(21)18-19-16(22)13-4-3-9-25-13/h3-6,9-10H,1-2,7-8H2,(H,18,21)(H,19,22). The molecule has 1 aromatic carbocycles. The molecule has 0 radical (unpaired) electrons. The van der Waals surface area contributed by atoms with Crippen molar-refractivity contribution in [2.75, 3.05) is 13.1 Å². The second-order valence-corrected chi connectivity index (χ2v) is 7.55. The summed E-state index contributed by atoms with van der Waals surface area (Å²) in [6.45, 7) is 0.634.